The van der Waals surface area contributed by atoms with Crippen molar-refractivity contribution in [1.29, 1.82) is 0 Å². The Kier molecular flexibility index (Phi) is 6.75. The number of benzene rings is 2. The van der Waals surface area contributed by atoms with Crippen LogP contribution in [0.4, 0.5) is 16.2 Å². The number of nitrogens with one attached hydrogen (secondary N) is 2. The van der Waals surface area contributed by atoms with E-state index in [0.717, 1.165) is 29.8 Å². The van der Waals surface area contributed by atoms with Crippen LogP contribution in [0.1, 0.15) is 41.3 Å². The molecule has 0 spiro atoms. The molecule has 1 saturated heterocycles. The highest BCUT2D eigenvalue weighted by atomic mass is 16.6. The third kappa shape index (κ3) is 5.08. The van der Waals surface area contributed by atoms with Crippen molar-refractivity contribution in [3.63, 3.8) is 0 Å². The van der Waals surface area contributed by atoms with E-state index in [-0.39, 0.29) is 18.0 Å². The van der Waals surface area contributed by atoms with Gasteiger partial charge in [0, 0.05) is 24.8 Å². The van der Waals surface area contributed by atoms with Gasteiger partial charge in [0.25, 0.3) is 5.91 Å². The maximum absolute atomic E-state index is 12.9. The van der Waals surface area contributed by atoms with Crippen LogP contribution in [0.2, 0.25) is 0 Å². The van der Waals surface area contributed by atoms with Crippen LogP contribution in [0.15, 0.2) is 42.5 Å². The van der Waals surface area contributed by atoms with Crippen molar-refractivity contribution in [2.75, 3.05) is 25.0 Å². The molecule has 2 aromatic carbocycles. The molecule has 2 N–H and O–H groups in total. The summed E-state index contributed by atoms with van der Waals surface area (Å²) in [5.41, 5.74) is 4.75. The third-order valence-corrected chi connectivity index (χ3v) is 5.40. The molecule has 1 heterocycles. The van der Waals surface area contributed by atoms with Crippen molar-refractivity contribution in [1.82, 2.24) is 10.2 Å². The van der Waals surface area contributed by atoms with E-state index in [0.29, 0.717) is 25.3 Å². The lowest BCUT2D eigenvalue weighted by atomic mass is 10.0. The summed E-state index contributed by atoms with van der Waals surface area (Å²) in [4.78, 5) is 26.5. The number of likely N-dealkylation sites (tertiary alicyclic amines) is 1. The number of nitrogens with zero attached hydrogens (tertiary/aromatic N) is 1. The van der Waals surface area contributed by atoms with Gasteiger partial charge in [0.05, 0.1) is 17.9 Å². The van der Waals surface area contributed by atoms with Crippen LogP contribution < -0.4 is 10.6 Å². The van der Waals surface area contributed by atoms with Crippen molar-refractivity contribution < 1.29 is 14.3 Å². The summed E-state index contributed by atoms with van der Waals surface area (Å²) in [5, 5.41) is 6.53. The van der Waals surface area contributed by atoms with Gasteiger partial charge < -0.3 is 20.3 Å². The number of para-hydroxylation sites is 1. The van der Waals surface area contributed by atoms with E-state index in [1.54, 1.807) is 11.8 Å². The van der Waals surface area contributed by atoms with Crippen molar-refractivity contribution in [3.05, 3.63) is 59.2 Å². The van der Waals surface area contributed by atoms with Gasteiger partial charge in [-0.25, -0.2) is 4.79 Å². The molecule has 1 aliphatic heterocycles. The topological polar surface area (TPSA) is 70.7 Å². The molecular weight excluding hydrogens is 366 g/mol. The molecule has 3 rings (SSSR count). The van der Waals surface area contributed by atoms with Gasteiger partial charge in [-0.1, -0.05) is 24.3 Å². The highest BCUT2D eigenvalue weighted by molar-refractivity contribution is 6.00. The summed E-state index contributed by atoms with van der Waals surface area (Å²) in [6.07, 6.45) is 1.16. The van der Waals surface area contributed by atoms with Crippen molar-refractivity contribution >= 4 is 23.4 Å². The molecule has 2 aromatic rings. The fourth-order valence-corrected chi connectivity index (χ4v) is 3.51. The van der Waals surface area contributed by atoms with E-state index in [2.05, 4.69) is 30.5 Å². The lowest BCUT2D eigenvalue weighted by Gasteiger charge is -2.31. The van der Waals surface area contributed by atoms with Crippen molar-refractivity contribution in [2.24, 2.45) is 0 Å². The van der Waals surface area contributed by atoms with E-state index in [4.69, 9.17) is 4.74 Å². The Bertz CT molecular complexity index is 873. The molecule has 2 amide bonds. The zero-order chi connectivity index (χ0) is 20.8. The minimum Gasteiger partial charge on any atom is -0.450 e. The first-order chi connectivity index (χ1) is 14.0. The molecule has 0 unspecified atom stereocenters. The number of amides is 2. The molecule has 0 aromatic heterocycles. The van der Waals surface area contributed by atoms with Gasteiger partial charge >= 0.3 is 6.09 Å². The molecular formula is C23H29N3O3. The largest absolute Gasteiger partial charge is 0.450 e. The lowest BCUT2D eigenvalue weighted by molar-refractivity contribution is 0.0860. The maximum Gasteiger partial charge on any atom is 0.409 e. The third-order valence-electron chi connectivity index (χ3n) is 5.40. The number of rotatable bonds is 5. The van der Waals surface area contributed by atoms with Gasteiger partial charge in [-0.2, -0.15) is 0 Å². The van der Waals surface area contributed by atoms with Crippen LogP contribution in [0, 0.1) is 13.8 Å². The van der Waals surface area contributed by atoms with Crippen LogP contribution in [0.25, 0.3) is 0 Å². The van der Waals surface area contributed by atoms with Crippen LogP contribution in [0.3, 0.4) is 0 Å². The van der Waals surface area contributed by atoms with Crippen molar-refractivity contribution in [2.45, 2.75) is 39.7 Å². The number of ether oxygens (including phenoxy) is 1. The Morgan fingerprint density at radius 3 is 2.45 bits per heavy atom. The van der Waals surface area contributed by atoms with Crippen LogP contribution >= 0.6 is 0 Å². The Morgan fingerprint density at radius 1 is 1.03 bits per heavy atom. The molecule has 1 aliphatic rings. The molecule has 6 nitrogen and oxygen atoms in total. The Labute approximate surface area is 172 Å². The molecule has 0 radical (unpaired) electrons. The van der Waals surface area contributed by atoms with Gasteiger partial charge in [0.1, 0.15) is 0 Å². The smallest absolute Gasteiger partial charge is 0.409 e. The Morgan fingerprint density at radius 2 is 1.72 bits per heavy atom. The first-order valence-electron chi connectivity index (χ1n) is 10.1. The lowest BCUT2D eigenvalue weighted by Crippen LogP contribution is -2.46. The van der Waals surface area contributed by atoms with Crippen molar-refractivity contribution in [3.8, 4) is 0 Å². The zero-order valence-electron chi connectivity index (χ0n) is 17.3. The highest BCUT2D eigenvalue weighted by Crippen LogP contribution is 2.25. The average molecular weight is 396 g/mol. The standard InChI is InChI=1S/C23H29N3O3/c1-4-29-23(28)26-14-12-18(13-15-26)24-22(27)19-9-5-6-10-21(19)25-20-11-7-8-16(2)17(20)3/h5-11,18,25H,4,12-15H2,1-3H3,(H,24,27). The quantitative estimate of drug-likeness (QED) is 0.787. The van der Waals surface area contributed by atoms with E-state index >= 15 is 0 Å². The number of carbonyl (C=O) groups is 2. The normalized spacial score (nSPS) is 14.4. The van der Waals surface area contributed by atoms with Crippen LogP contribution in [-0.4, -0.2) is 42.6 Å². The second-order valence-corrected chi connectivity index (χ2v) is 7.35. The minimum absolute atomic E-state index is 0.0435. The summed E-state index contributed by atoms with van der Waals surface area (Å²) in [5.74, 6) is -0.104. The number of piperidine rings is 1. The van der Waals surface area contributed by atoms with E-state index in [1.165, 1.54) is 5.56 Å². The Hall–Kier alpha value is -3.02. The minimum atomic E-state index is -0.277. The van der Waals surface area contributed by atoms with Crippen LogP contribution in [0.5, 0.6) is 0 Å². The molecule has 29 heavy (non-hydrogen) atoms. The summed E-state index contributed by atoms with van der Waals surface area (Å²) in [6, 6.07) is 13.7. The van der Waals surface area contributed by atoms with Gasteiger partial charge in [0.2, 0.25) is 0 Å². The molecule has 0 bridgehead atoms. The Balaban J connectivity index is 1.65. The molecule has 0 aliphatic carbocycles. The molecule has 1 fully saturated rings. The summed E-state index contributed by atoms with van der Waals surface area (Å²) in [6.45, 7) is 7.49. The summed E-state index contributed by atoms with van der Waals surface area (Å²) in [7, 11) is 0. The number of anilines is 2. The van der Waals surface area contributed by atoms with Gasteiger partial charge in [-0.15, -0.1) is 0 Å². The van der Waals surface area contributed by atoms with E-state index in [1.807, 2.05) is 36.4 Å². The number of carbonyl (C=O) groups excluding carboxylic acids is 2. The average Bonchev–Trinajstić information content (AvgIpc) is 2.72. The van der Waals surface area contributed by atoms with Gasteiger partial charge in [-0.05, 0) is 62.9 Å². The highest BCUT2D eigenvalue weighted by Gasteiger charge is 2.25. The number of hydrogen-bond donors (Lipinski definition) is 2. The van der Waals surface area contributed by atoms with Crippen LogP contribution in [-0.2, 0) is 4.74 Å². The second kappa shape index (κ2) is 9.45. The summed E-state index contributed by atoms with van der Waals surface area (Å²) >= 11 is 0. The monoisotopic (exact) mass is 395 g/mol. The molecule has 6 heteroatoms. The SMILES string of the molecule is CCOC(=O)N1CCC(NC(=O)c2ccccc2Nc2cccc(C)c2C)CC1. The second-order valence-electron chi connectivity index (χ2n) is 7.35. The molecule has 0 saturated carbocycles. The predicted octanol–water partition coefficient (Wildman–Crippen LogP) is 4.40. The van der Waals surface area contributed by atoms with Gasteiger partial charge in [-0.3, -0.25) is 4.79 Å². The summed E-state index contributed by atoms with van der Waals surface area (Å²) < 4.78 is 5.05. The molecule has 154 valence electrons. The van der Waals surface area contributed by atoms with Gasteiger partial charge in [0.15, 0.2) is 0 Å². The molecule has 0 atom stereocenters. The number of aryl methyl sites for hydroxylation is 1. The maximum atomic E-state index is 12.9. The fraction of sp³-hybridized carbons (Fsp3) is 0.391. The van der Waals surface area contributed by atoms with E-state index < -0.39 is 0 Å². The first kappa shape index (κ1) is 20.7. The fourth-order valence-electron chi connectivity index (χ4n) is 3.51. The zero-order valence-corrected chi connectivity index (χ0v) is 17.3. The van der Waals surface area contributed by atoms with E-state index in [9.17, 15) is 9.59 Å². The number of hydrogen-bond acceptors (Lipinski definition) is 4. The predicted molar refractivity (Wildman–Crippen MR) is 115 cm³/mol. The first-order valence-corrected chi connectivity index (χ1v) is 10.1.